The summed E-state index contributed by atoms with van der Waals surface area (Å²) in [6.07, 6.45) is 9.16. The van der Waals surface area contributed by atoms with Crippen molar-refractivity contribution in [1.29, 1.82) is 0 Å². The molecule has 9 heteroatoms. The Kier molecular flexibility index (Phi) is 4.82. The molecule has 30 heavy (non-hydrogen) atoms. The number of aliphatic hydroxyl groups is 1. The quantitative estimate of drug-likeness (QED) is 0.722. The summed E-state index contributed by atoms with van der Waals surface area (Å²) in [5, 5.41) is 12.9. The van der Waals surface area contributed by atoms with E-state index in [4.69, 9.17) is 9.97 Å². The number of aliphatic hydroxyl groups excluding tert-OH is 1. The molecule has 0 aromatic carbocycles. The van der Waals surface area contributed by atoms with Gasteiger partial charge in [-0.1, -0.05) is 6.08 Å². The van der Waals surface area contributed by atoms with E-state index in [9.17, 15) is 9.32 Å². The molecule has 1 atom stereocenters. The van der Waals surface area contributed by atoms with Crippen molar-refractivity contribution in [2.24, 2.45) is 0 Å². The number of nitrogens with zero attached hydrogens (tertiary/aromatic N) is 5. The average molecular weight is 427 g/mol. The van der Waals surface area contributed by atoms with Gasteiger partial charge in [0.1, 0.15) is 10.7 Å². The SMILES string of the molecule is CC(C)(CO)Nc1nc(N2CC=C(c3ncc(C4CC4)cn3)C2)nc2c1[S@](=O)CC2. The van der Waals surface area contributed by atoms with E-state index in [-0.39, 0.29) is 6.61 Å². The van der Waals surface area contributed by atoms with Gasteiger partial charge in [0.15, 0.2) is 5.82 Å². The molecule has 1 aliphatic carbocycles. The third-order valence-electron chi connectivity index (χ3n) is 5.74. The molecule has 0 spiro atoms. The van der Waals surface area contributed by atoms with Crippen LogP contribution in [0.15, 0.2) is 23.4 Å². The molecule has 0 unspecified atom stereocenters. The normalized spacial score (nSPS) is 21.0. The van der Waals surface area contributed by atoms with Gasteiger partial charge in [-0.25, -0.2) is 15.0 Å². The number of anilines is 2. The monoisotopic (exact) mass is 426 g/mol. The first kappa shape index (κ1) is 19.6. The number of rotatable bonds is 6. The lowest BCUT2D eigenvalue weighted by Gasteiger charge is -2.26. The molecule has 2 aromatic heterocycles. The van der Waals surface area contributed by atoms with Crippen LogP contribution in [0.1, 0.15) is 49.7 Å². The zero-order chi connectivity index (χ0) is 20.9. The summed E-state index contributed by atoms with van der Waals surface area (Å²) in [5.74, 6) is 3.12. The van der Waals surface area contributed by atoms with E-state index < -0.39 is 16.3 Å². The van der Waals surface area contributed by atoms with Gasteiger partial charge >= 0.3 is 0 Å². The summed E-state index contributed by atoms with van der Waals surface area (Å²) in [6.45, 7) is 5.02. The molecule has 5 rings (SSSR count). The predicted octanol–water partition coefficient (Wildman–Crippen LogP) is 1.89. The molecule has 1 fully saturated rings. The van der Waals surface area contributed by atoms with E-state index in [1.807, 2.05) is 26.2 Å². The van der Waals surface area contributed by atoms with Crippen molar-refractivity contribution in [3.8, 4) is 0 Å². The van der Waals surface area contributed by atoms with Crippen LogP contribution >= 0.6 is 0 Å². The fraction of sp³-hybridized carbons (Fsp3) is 0.524. The van der Waals surface area contributed by atoms with E-state index >= 15 is 0 Å². The minimum atomic E-state index is -1.11. The largest absolute Gasteiger partial charge is 0.394 e. The summed E-state index contributed by atoms with van der Waals surface area (Å²) >= 11 is 0. The number of aromatic nitrogens is 4. The van der Waals surface area contributed by atoms with Crippen molar-refractivity contribution in [3.05, 3.63) is 35.6 Å². The van der Waals surface area contributed by atoms with Gasteiger partial charge in [0.05, 0.1) is 28.6 Å². The molecule has 8 nitrogen and oxygen atoms in total. The number of fused-ring (bicyclic) bond motifs is 1. The van der Waals surface area contributed by atoms with Crippen LogP contribution in [0, 0.1) is 0 Å². The molecule has 0 bridgehead atoms. The molecular formula is C21H26N6O2S. The minimum Gasteiger partial charge on any atom is -0.394 e. The molecule has 1 saturated carbocycles. The highest BCUT2D eigenvalue weighted by atomic mass is 32.2. The second-order valence-corrected chi connectivity index (χ2v) is 10.3. The molecule has 2 aromatic rings. The lowest BCUT2D eigenvalue weighted by atomic mass is 10.1. The maximum atomic E-state index is 12.5. The van der Waals surface area contributed by atoms with Gasteiger partial charge in [-0.3, -0.25) is 4.21 Å². The minimum absolute atomic E-state index is 0.0582. The van der Waals surface area contributed by atoms with E-state index in [0.717, 1.165) is 17.1 Å². The second kappa shape index (κ2) is 7.39. The van der Waals surface area contributed by atoms with Gasteiger partial charge in [0.2, 0.25) is 5.95 Å². The highest BCUT2D eigenvalue weighted by molar-refractivity contribution is 7.85. The highest BCUT2D eigenvalue weighted by Gasteiger charge is 2.31. The number of aryl methyl sites for hydroxylation is 1. The van der Waals surface area contributed by atoms with Crippen LogP contribution in [-0.2, 0) is 17.2 Å². The first-order valence-corrected chi connectivity index (χ1v) is 11.7. The van der Waals surface area contributed by atoms with Gasteiger partial charge in [-0.2, -0.15) is 4.98 Å². The zero-order valence-electron chi connectivity index (χ0n) is 17.3. The number of hydrogen-bond donors (Lipinski definition) is 2. The number of nitrogens with one attached hydrogen (secondary N) is 1. The maximum absolute atomic E-state index is 12.5. The Morgan fingerprint density at radius 3 is 2.73 bits per heavy atom. The van der Waals surface area contributed by atoms with Crippen molar-refractivity contribution in [2.45, 2.75) is 49.5 Å². The zero-order valence-corrected chi connectivity index (χ0v) is 18.1. The summed E-state index contributed by atoms with van der Waals surface area (Å²) in [6, 6.07) is 0. The van der Waals surface area contributed by atoms with Crippen LogP contribution in [0.4, 0.5) is 11.8 Å². The van der Waals surface area contributed by atoms with Crippen molar-refractivity contribution in [1.82, 2.24) is 19.9 Å². The van der Waals surface area contributed by atoms with Crippen LogP contribution in [0.25, 0.3) is 5.57 Å². The fourth-order valence-corrected chi connectivity index (χ4v) is 5.08. The first-order valence-electron chi connectivity index (χ1n) is 10.4. The Morgan fingerprint density at radius 1 is 1.27 bits per heavy atom. The van der Waals surface area contributed by atoms with E-state index in [1.165, 1.54) is 18.4 Å². The lowest BCUT2D eigenvalue weighted by Crippen LogP contribution is -2.36. The third-order valence-corrected chi connectivity index (χ3v) is 7.20. The average Bonchev–Trinajstić information content (AvgIpc) is 3.35. The van der Waals surface area contributed by atoms with Crippen LogP contribution in [-0.4, -0.2) is 60.2 Å². The molecule has 0 amide bonds. The first-order chi connectivity index (χ1) is 14.4. The van der Waals surface area contributed by atoms with Gasteiger partial charge in [-0.05, 0) is 38.2 Å². The smallest absolute Gasteiger partial charge is 0.228 e. The second-order valence-electron chi connectivity index (χ2n) is 8.84. The Morgan fingerprint density at radius 2 is 2.03 bits per heavy atom. The topological polar surface area (TPSA) is 104 Å². The Bertz CT molecular complexity index is 1030. The van der Waals surface area contributed by atoms with Gasteiger partial charge in [0, 0.05) is 43.2 Å². The maximum Gasteiger partial charge on any atom is 0.228 e. The Balaban J connectivity index is 1.39. The summed E-state index contributed by atoms with van der Waals surface area (Å²) < 4.78 is 12.5. The standard InChI is InChI=1S/C21H26N6O2S/c1-21(2,12-28)26-19-17-16(6-8-30(17)29)24-20(25-19)27-7-5-14(11-27)18-22-9-15(10-23-18)13-3-4-13/h5,9-10,13,28H,3-4,6-8,11-12H2,1-2H3,(H,24,25,26)/t30-/m1/s1. The Labute approximate surface area is 178 Å². The van der Waals surface area contributed by atoms with Crippen molar-refractivity contribution < 1.29 is 9.32 Å². The van der Waals surface area contributed by atoms with Crippen LogP contribution < -0.4 is 10.2 Å². The molecule has 3 aliphatic rings. The molecule has 4 heterocycles. The number of hydrogen-bond acceptors (Lipinski definition) is 8. The summed E-state index contributed by atoms with van der Waals surface area (Å²) in [5.41, 5.74) is 2.55. The predicted molar refractivity (Wildman–Crippen MR) is 116 cm³/mol. The molecule has 0 radical (unpaired) electrons. The molecule has 2 N–H and O–H groups in total. The van der Waals surface area contributed by atoms with Crippen LogP contribution in [0.3, 0.4) is 0 Å². The van der Waals surface area contributed by atoms with Gasteiger partial charge < -0.3 is 15.3 Å². The van der Waals surface area contributed by atoms with Gasteiger partial charge in [0.25, 0.3) is 0 Å². The van der Waals surface area contributed by atoms with Crippen molar-refractivity contribution in [2.75, 3.05) is 35.7 Å². The summed E-state index contributed by atoms with van der Waals surface area (Å²) in [7, 11) is -1.11. The summed E-state index contributed by atoms with van der Waals surface area (Å²) in [4.78, 5) is 21.3. The fourth-order valence-electron chi connectivity index (χ4n) is 3.77. The van der Waals surface area contributed by atoms with E-state index in [2.05, 4.69) is 26.3 Å². The molecule has 0 saturated heterocycles. The van der Waals surface area contributed by atoms with Gasteiger partial charge in [-0.15, -0.1) is 0 Å². The third kappa shape index (κ3) is 3.72. The molecular weight excluding hydrogens is 400 g/mol. The highest BCUT2D eigenvalue weighted by Crippen LogP contribution is 2.39. The van der Waals surface area contributed by atoms with Crippen LogP contribution in [0.5, 0.6) is 0 Å². The van der Waals surface area contributed by atoms with E-state index in [0.29, 0.717) is 47.8 Å². The van der Waals surface area contributed by atoms with Crippen molar-refractivity contribution >= 4 is 28.1 Å². The van der Waals surface area contributed by atoms with E-state index in [1.54, 1.807) is 0 Å². The Hall–Kier alpha value is -2.39. The molecule has 2 aliphatic heterocycles. The van der Waals surface area contributed by atoms with Crippen LogP contribution in [0.2, 0.25) is 0 Å². The lowest BCUT2D eigenvalue weighted by molar-refractivity contribution is 0.233. The van der Waals surface area contributed by atoms with Crippen molar-refractivity contribution in [3.63, 3.8) is 0 Å². The molecule has 158 valence electrons.